The molecule has 0 aromatic rings. The van der Waals surface area contributed by atoms with Crippen molar-refractivity contribution in [3.63, 3.8) is 0 Å². The first-order chi connectivity index (χ1) is 8.75. The van der Waals surface area contributed by atoms with E-state index in [2.05, 4.69) is 21.7 Å². The minimum atomic E-state index is 0.684. The number of likely N-dealkylation sites (tertiary alicyclic amines) is 1. The van der Waals surface area contributed by atoms with Crippen LogP contribution in [0.15, 0.2) is 4.99 Å². The Labute approximate surface area is 110 Å². The van der Waals surface area contributed by atoms with Gasteiger partial charge in [-0.2, -0.15) is 0 Å². The number of aliphatic imine (C=N–C) groups is 1. The van der Waals surface area contributed by atoms with Crippen molar-refractivity contribution in [2.45, 2.75) is 19.8 Å². The number of piperidine rings is 1. The predicted molar refractivity (Wildman–Crippen MR) is 73.7 cm³/mol. The van der Waals surface area contributed by atoms with E-state index in [1.807, 2.05) is 0 Å². The van der Waals surface area contributed by atoms with Crippen LogP contribution in [0.25, 0.3) is 0 Å². The maximum absolute atomic E-state index is 5.99. The highest BCUT2D eigenvalue weighted by Crippen LogP contribution is 2.14. The highest BCUT2D eigenvalue weighted by molar-refractivity contribution is 5.78. The van der Waals surface area contributed by atoms with E-state index in [0.717, 1.165) is 45.3 Å². The maximum atomic E-state index is 5.99. The maximum Gasteiger partial charge on any atom is 0.191 e. The minimum Gasteiger partial charge on any atom is -0.378 e. The summed E-state index contributed by atoms with van der Waals surface area (Å²) in [5.74, 6) is 1.52. The average Bonchev–Trinajstić information content (AvgIpc) is 2.40. The van der Waals surface area contributed by atoms with Gasteiger partial charge in [-0.05, 0) is 25.3 Å². The Hall–Kier alpha value is -0.810. The lowest BCUT2D eigenvalue weighted by molar-refractivity contribution is 0.0674. The van der Waals surface area contributed by atoms with Crippen LogP contribution in [0.4, 0.5) is 0 Å². The highest BCUT2D eigenvalue weighted by Gasteiger charge is 2.16. The van der Waals surface area contributed by atoms with E-state index < -0.39 is 0 Å². The van der Waals surface area contributed by atoms with E-state index in [9.17, 15) is 0 Å². The van der Waals surface area contributed by atoms with Gasteiger partial charge in [0.1, 0.15) is 0 Å². The molecule has 2 fully saturated rings. The fourth-order valence-electron chi connectivity index (χ4n) is 2.69. The molecule has 0 aromatic carbocycles. The van der Waals surface area contributed by atoms with Gasteiger partial charge in [-0.3, -0.25) is 4.99 Å². The number of nitrogens with two attached hydrogens (primary N) is 1. The van der Waals surface area contributed by atoms with E-state index in [-0.39, 0.29) is 0 Å². The minimum absolute atomic E-state index is 0.684. The molecule has 2 rings (SSSR count). The first kappa shape index (κ1) is 13.6. The van der Waals surface area contributed by atoms with E-state index in [1.54, 1.807) is 0 Å². The molecule has 0 bridgehead atoms. The van der Waals surface area contributed by atoms with Crippen molar-refractivity contribution in [3.05, 3.63) is 0 Å². The molecule has 18 heavy (non-hydrogen) atoms. The third-order valence-corrected chi connectivity index (χ3v) is 3.77. The normalized spacial score (nSPS) is 27.5. The molecule has 104 valence electrons. The first-order valence-electron chi connectivity index (χ1n) is 7.10. The van der Waals surface area contributed by atoms with E-state index in [0.29, 0.717) is 5.96 Å². The van der Waals surface area contributed by atoms with Gasteiger partial charge < -0.3 is 20.3 Å². The first-order valence-corrected chi connectivity index (χ1v) is 7.10. The summed E-state index contributed by atoms with van der Waals surface area (Å²) in [6, 6.07) is 0. The SMILES string of the molecule is C[C@H]1CCCN(CCN=C(N)N2CCOCC2)C1. The highest BCUT2D eigenvalue weighted by atomic mass is 16.5. The second-order valence-electron chi connectivity index (χ2n) is 5.39. The van der Waals surface area contributed by atoms with Gasteiger partial charge in [-0.1, -0.05) is 6.92 Å². The molecule has 0 amide bonds. The second-order valence-corrected chi connectivity index (χ2v) is 5.39. The van der Waals surface area contributed by atoms with Gasteiger partial charge in [0.05, 0.1) is 19.8 Å². The molecule has 1 atom stereocenters. The molecule has 2 N–H and O–H groups in total. The molecular formula is C13H26N4O. The Bertz CT molecular complexity index is 276. The second kappa shape index (κ2) is 6.95. The van der Waals surface area contributed by atoms with E-state index >= 15 is 0 Å². The van der Waals surface area contributed by atoms with Crippen molar-refractivity contribution in [2.75, 3.05) is 52.5 Å². The van der Waals surface area contributed by atoms with Gasteiger partial charge in [0, 0.05) is 26.2 Å². The zero-order valence-corrected chi connectivity index (χ0v) is 11.5. The van der Waals surface area contributed by atoms with Crippen molar-refractivity contribution >= 4 is 5.96 Å². The number of guanidine groups is 1. The molecule has 0 saturated carbocycles. The zero-order chi connectivity index (χ0) is 12.8. The summed E-state index contributed by atoms with van der Waals surface area (Å²) < 4.78 is 5.30. The third kappa shape index (κ3) is 4.14. The van der Waals surface area contributed by atoms with Gasteiger partial charge in [-0.15, -0.1) is 0 Å². The Balaban J connectivity index is 1.69. The molecule has 2 heterocycles. The zero-order valence-electron chi connectivity index (χ0n) is 11.5. The van der Waals surface area contributed by atoms with Crippen molar-refractivity contribution < 1.29 is 4.74 Å². The van der Waals surface area contributed by atoms with Crippen LogP contribution in [0.1, 0.15) is 19.8 Å². The molecule has 0 spiro atoms. The van der Waals surface area contributed by atoms with Crippen LogP contribution in [0.5, 0.6) is 0 Å². The smallest absolute Gasteiger partial charge is 0.191 e. The van der Waals surface area contributed by atoms with Crippen LogP contribution in [-0.2, 0) is 4.74 Å². The number of hydrogen-bond acceptors (Lipinski definition) is 3. The third-order valence-electron chi connectivity index (χ3n) is 3.77. The summed E-state index contributed by atoms with van der Waals surface area (Å²) >= 11 is 0. The molecule has 0 aliphatic carbocycles. The molecule has 2 aliphatic heterocycles. The largest absolute Gasteiger partial charge is 0.378 e. The molecular weight excluding hydrogens is 228 g/mol. The summed E-state index contributed by atoms with van der Waals surface area (Å²) in [7, 11) is 0. The molecule has 5 heteroatoms. The fraction of sp³-hybridized carbons (Fsp3) is 0.923. The Kier molecular flexibility index (Phi) is 5.26. The van der Waals surface area contributed by atoms with E-state index in [1.165, 1.54) is 25.9 Å². The van der Waals surface area contributed by atoms with Crippen molar-refractivity contribution in [1.82, 2.24) is 9.80 Å². The van der Waals surface area contributed by atoms with Gasteiger partial charge in [0.25, 0.3) is 0 Å². The van der Waals surface area contributed by atoms with Gasteiger partial charge in [0.15, 0.2) is 5.96 Å². The summed E-state index contributed by atoms with van der Waals surface area (Å²) in [5.41, 5.74) is 5.99. The molecule has 0 unspecified atom stereocenters. The Morgan fingerprint density at radius 1 is 1.33 bits per heavy atom. The number of nitrogens with zero attached hydrogens (tertiary/aromatic N) is 3. The average molecular weight is 254 g/mol. The Morgan fingerprint density at radius 3 is 2.83 bits per heavy atom. The van der Waals surface area contributed by atoms with Crippen molar-refractivity contribution in [1.29, 1.82) is 0 Å². The lowest BCUT2D eigenvalue weighted by Gasteiger charge is -2.30. The van der Waals surface area contributed by atoms with Crippen LogP contribution in [0.3, 0.4) is 0 Å². The van der Waals surface area contributed by atoms with Crippen LogP contribution >= 0.6 is 0 Å². The molecule has 0 radical (unpaired) electrons. The van der Waals surface area contributed by atoms with E-state index in [4.69, 9.17) is 10.5 Å². The number of morpholine rings is 1. The van der Waals surface area contributed by atoms with Crippen LogP contribution in [-0.4, -0.2) is 68.2 Å². The summed E-state index contributed by atoms with van der Waals surface area (Å²) in [5, 5.41) is 0. The molecule has 5 nitrogen and oxygen atoms in total. The van der Waals surface area contributed by atoms with Crippen molar-refractivity contribution in [3.8, 4) is 0 Å². The van der Waals surface area contributed by atoms with Crippen molar-refractivity contribution in [2.24, 2.45) is 16.6 Å². The number of hydrogen-bond donors (Lipinski definition) is 1. The summed E-state index contributed by atoms with van der Waals surface area (Å²) in [6.07, 6.45) is 2.69. The summed E-state index contributed by atoms with van der Waals surface area (Å²) in [4.78, 5) is 9.11. The molecule has 2 saturated heterocycles. The van der Waals surface area contributed by atoms with Gasteiger partial charge in [0.2, 0.25) is 0 Å². The predicted octanol–water partition coefficient (Wildman–Crippen LogP) is 0.365. The quantitative estimate of drug-likeness (QED) is 0.584. The topological polar surface area (TPSA) is 54.1 Å². The van der Waals surface area contributed by atoms with Crippen LogP contribution in [0.2, 0.25) is 0 Å². The lowest BCUT2D eigenvalue weighted by atomic mass is 10.0. The number of ether oxygens (including phenoxy) is 1. The summed E-state index contributed by atoms with van der Waals surface area (Å²) in [6.45, 7) is 9.89. The fourth-order valence-corrected chi connectivity index (χ4v) is 2.69. The Morgan fingerprint density at radius 2 is 2.11 bits per heavy atom. The lowest BCUT2D eigenvalue weighted by Crippen LogP contribution is -2.45. The monoisotopic (exact) mass is 254 g/mol. The molecule has 2 aliphatic rings. The standard InChI is InChI=1S/C13H26N4O/c1-12-3-2-5-16(11-12)6-4-15-13(14)17-7-9-18-10-8-17/h12H,2-11H2,1H3,(H2,14,15)/t12-/m0/s1. The van der Waals surface area contributed by atoms with Crippen LogP contribution < -0.4 is 5.73 Å². The van der Waals surface area contributed by atoms with Gasteiger partial charge in [-0.25, -0.2) is 0 Å². The molecule has 0 aromatic heterocycles. The van der Waals surface area contributed by atoms with Gasteiger partial charge >= 0.3 is 0 Å². The number of rotatable bonds is 3. The van der Waals surface area contributed by atoms with Crippen LogP contribution in [0, 0.1) is 5.92 Å².